The maximum atomic E-state index is 8.66. The Balaban J connectivity index is 2.39. The molecular formula is C14H22N2O4. The summed E-state index contributed by atoms with van der Waals surface area (Å²) < 4.78 is 15.9. The van der Waals surface area contributed by atoms with Crippen molar-refractivity contribution in [3.05, 3.63) is 29.3 Å². The van der Waals surface area contributed by atoms with Gasteiger partial charge in [-0.3, -0.25) is 0 Å². The second kappa shape index (κ2) is 9.17. The Bertz CT molecular complexity index is 435. The number of benzene rings is 1. The molecule has 0 saturated carbocycles. The van der Waals surface area contributed by atoms with Crippen molar-refractivity contribution >= 4 is 5.84 Å². The van der Waals surface area contributed by atoms with E-state index in [4.69, 9.17) is 25.2 Å². The quantitative estimate of drug-likeness (QED) is 0.236. The normalized spacial score (nSPS) is 11.6. The fourth-order valence-corrected chi connectivity index (χ4v) is 1.56. The van der Waals surface area contributed by atoms with Gasteiger partial charge in [0, 0.05) is 25.7 Å². The summed E-state index contributed by atoms with van der Waals surface area (Å²) in [5.74, 6) is 0.795. The van der Waals surface area contributed by atoms with Gasteiger partial charge in [-0.15, -0.1) is 0 Å². The Kier molecular flexibility index (Phi) is 7.46. The third-order valence-corrected chi connectivity index (χ3v) is 2.71. The Labute approximate surface area is 119 Å². The third-order valence-electron chi connectivity index (χ3n) is 2.71. The molecule has 0 spiro atoms. The van der Waals surface area contributed by atoms with Crippen LogP contribution in [0.2, 0.25) is 0 Å². The van der Waals surface area contributed by atoms with Crippen LogP contribution in [0.1, 0.15) is 17.5 Å². The molecule has 1 aromatic rings. The number of ether oxygens (including phenoxy) is 3. The summed E-state index contributed by atoms with van der Waals surface area (Å²) in [7, 11) is 1.64. The van der Waals surface area contributed by atoms with Crippen LogP contribution < -0.4 is 10.5 Å². The van der Waals surface area contributed by atoms with Crippen molar-refractivity contribution in [2.45, 2.75) is 13.3 Å². The van der Waals surface area contributed by atoms with Crippen molar-refractivity contribution < 1.29 is 19.4 Å². The van der Waals surface area contributed by atoms with Crippen molar-refractivity contribution in [2.24, 2.45) is 10.9 Å². The third kappa shape index (κ3) is 5.46. The molecule has 0 saturated heterocycles. The van der Waals surface area contributed by atoms with E-state index in [-0.39, 0.29) is 5.84 Å². The van der Waals surface area contributed by atoms with E-state index >= 15 is 0 Å². The summed E-state index contributed by atoms with van der Waals surface area (Å²) in [6.07, 6.45) is 0.789. The average molecular weight is 282 g/mol. The van der Waals surface area contributed by atoms with E-state index in [9.17, 15) is 0 Å². The summed E-state index contributed by atoms with van der Waals surface area (Å²) in [4.78, 5) is 0. The minimum atomic E-state index is 0.0674. The number of aryl methyl sites for hydroxylation is 1. The second-order valence-corrected chi connectivity index (χ2v) is 4.27. The van der Waals surface area contributed by atoms with E-state index in [1.54, 1.807) is 19.2 Å². The van der Waals surface area contributed by atoms with Gasteiger partial charge >= 0.3 is 0 Å². The van der Waals surface area contributed by atoms with Gasteiger partial charge in [0.15, 0.2) is 5.84 Å². The zero-order chi connectivity index (χ0) is 14.8. The van der Waals surface area contributed by atoms with E-state index in [1.165, 1.54) is 0 Å². The van der Waals surface area contributed by atoms with E-state index in [0.29, 0.717) is 32.0 Å². The van der Waals surface area contributed by atoms with Gasteiger partial charge < -0.3 is 25.2 Å². The number of rotatable bonds is 9. The van der Waals surface area contributed by atoms with Crippen LogP contribution >= 0.6 is 0 Å². The fourth-order valence-electron chi connectivity index (χ4n) is 1.56. The van der Waals surface area contributed by atoms with Crippen LogP contribution in [-0.4, -0.2) is 44.6 Å². The first-order valence-corrected chi connectivity index (χ1v) is 6.47. The molecule has 0 heterocycles. The smallest absolute Gasteiger partial charge is 0.170 e. The Morgan fingerprint density at radius 1 is 1.25 bits per heavy atom. The molecule has 6 heteroatoms. The number of hydrogen-bond donors (Lipinski definition) is 2. The minimum Gasteiger partial charge on any atom is -0.493 e. The molecule has 0 unspecified atom stereocenters. The van der Waals surface area contributed by atoms with Gasteiger partial charge in [-0.05, 0) is 18.6 Å². The molecule has 1 rings (SSSR count). The van der Waals surface area contributed by atoms with Crippen LogP contribution in [0.15, 0.2) is 23.4 Å². The first-order valence-electron chi connectivity index (χ1n) is 6.47. The highest BCUT2D eigenvalue weighted by molar-refractivity contribution is 5.97. The first-order chi connectivity index (χ1) is 9.69. The minimum absolute atomic E-state index is 0.0674. The number of nitrogens with two attached hydrogens (primary N) is 1. The van der Waals surface area contributed by atoms with E-state index in [2.05, 4.69) is 5.16 Å². The molecule has 0 bridgehead atoms. The van der Waals surface area contributed by atoms with Crippen molar-refractivity contribution in [3.63, 3.8) is 0 Å². The molecule has 20 heavy (non-hydrogen) atoms. The Morgan fingerprint density at radius 3 is 2.75 bits per heavy atom. The predicted molar refractivity (Wildman–Crippen MR) is 76.5 cm³/mol. The standard InChI is InChI=1S/C14H22N2O4/c1-11-4-5-12(14(15)16-17)10-13(11)20-7-3-6-19-9-8-18-2/h4-5,10,17H,3,6-9H2,1-2H3,(H2,15,16). The van der Waals surface area contributed by atoms with Crippen molar-refractivity contribution in [1.82, 2.24) is 0 Å². The summed E-state index contributed by atoms with van der Waals surface area (Å²) in [5.41, 5.74) is 7.18. The zero-order valence-electron chi connectivity index (χ0n) is 12.0. The average Bonchev–Trinajstić information content (AvgIpc) is 2.47. The van der Waals surface area contributed by atoms with Gasteiger partial charge in [-0.25, -0.2) is 0 Å². The summed E-state index contributed by atoms with van der Waals surface area (Å²) >= 11 is 0. The molecule has 0 aliphatic rings. The maximum Gasteiger partial charge on any atom is 0.170 e. The molecule has 0 aliphatic heterocycles. The lowest BCUT2D eigenvalue weighted by Gasteiger charge is -2.11. The van der Waals surface area contributed by atoms with Gasteiger partial charge in [0.1, 0.15) is 5.75 Å². The topological polar surface area (TPSA) is 86.3 Å². The van der Waals surface area contributed by atoms with Gasteiger partial charge in [0.05, 0.1) is 19.8 Å². The molecule has 6 nitrogen and oxygen atoms in total. The number of oxime groups is 1. The van der Waals surface area contributed by atoms with Crippen molar-refractivity contribution in [2.75, 3.05) is 33.5 Å². The van der Waals surface area contributed by atoms with Gasteiger partial charge in [0.2, 0.25) is 0 Å². The molecular weight excluding hydrogens is 260 g/mol. The van der Waals surface area contributed by atoms with Gasteiger partial charge in [-0.2, -0.15) is 0 Å². The van der Waals surface area contributed by atoms with Crippen LogP contribution in [0.4, 0.5) is 0 Å². The Morgan fingerprint density at radius 2 is 2.05 bits per heavy atom. The van der Waals surface area contributed by atoms with Crippen LogP contribution in [-0.2, 0) is 9.47 Å². The molecule has 0 aromatic heterocycles. The van der Waals surface area contributed by atoms with Crippen LogP contribution in [0.5, 0.6) is 5.75 Å². The summed E-state index contributed by atoms with van der Waals surface area (Å²) in [5, 5.41) is 11.6. The highest BCUT2D eigenvalue weighted by Gasteiger charge is 2.05. The highest BCUT2D eigenvalue weighted by Crippen LogP contribution is 2.19. The van der Waals surface area contributed by atoms with Crippen molar-refractivity contribution in [1.29, 1.82) is 0 Å². The van der Waals surface area contributed by atoms with E-state index in [1.807, 2.05) is 13.0 Å². The van der Waals surface area contributed by atoms with Crippen LogP contribution in [0, 0.1) is 6.92 Å². The fraction of sp³-hybridized carbons (Fsp3) is 0.500. The number of methoxy groups -OCH3 is 1. The van der Waals surface area contributed by atoms with Gasteiger partial charge in [-0.1, -0.05) is 17.3 Å². The zero-order valence-corrected chi connectivity index (χ0v) is 12.0. The maximum absolute atomic E-state index is 8.66. The number of nitrogens with zero attached hydrogens (tertiary/aromatic N) is 1. The van der Waals surface area contributed by atoms with E-state index < -0.39 is 0 Å². The lowest BCUT2D eigenvalue weighted by Crippen LogP contribution is -2.13. The monoisotopic (exact) mass is 282 g/mol. The summed E-state index contributed by atoms with van der Waals surface area (Å²) in [6.45, 7) is 4.31. The largest absolute Gasteiger partial charge is 0.493 e. The second-order valence-electron chi connectivity index (χ2n) is 4.27. The molecule has 0 aliphatic carbocycles. The predicted octanol–water partition coefficient (Wildman–Crippen LogP) is 1.52. The molecule has 0 amide bonds. The number of hydrogen-bond acceptors (Lipinski definition) is 5. The van der Waals surface area contributed by atoms with Crippen LogP contribution in [0.25, 0.3) is 0 Å². The summed E-state index contributed by atoms with van der Waals surface area (Å²) in [6, 6.07) is 5.42. The number of amidine groups is 1. The highest BCUT2D eigenvalue weighted by atomic mass is 16.5. The van der Waals surface area contributed by atoms with E-state index in [0.717, 1.165) is 17.7 Å². The van der Waals surface area contributed by atoms with Crippen LogP contribution in [0.3, 0.4) is 0 Å². The Hall–Kier alpha value is -1.79. The molecule has 1 aromatic carbocycles. The SMILES string of the molecule is COCCOCCCOc1cc(/C(N)=N/O)ccc1C. The van der Waals surface area contributed by atoms with Gasteiger partial charge in [0.25, 0.3) is 0 Å². The molecule has 112 valence electrons. The molecule has 3 N–H and O–H groups in total. The molecule has 0 fully saturated rings. The lowest BCUT2D eigenvalue weighted by molar-refractivity contribution is 0.0644. The van der Waals surface area contributed by atoms with Crippen molar-refractivity contribution in [3.8, 4) is 5.75 Å². The molecule has 0 radical (unpaired) electrons. The molecule has 0 atom stereocenters. The first kappa shape index (κ1) is 16.3. The lowest BCUT2D eigenvalue weighted by atomic mass is 10.1.